The van der Waals surface area contributed by atoms with Crippen molar-refractivity contribution in [3.05, 3.63) is 35.6 Å². The van der Waals surface area contributed by atoms with Gasteiger partial charge in [-0.15, -0.1) is 0 Å². The number of rotatable bonds is 3. The molecule has 1 amide bonds. The van der Waals surface area contributed by atoms with Crippen molar-refractivity contribution in [2.75, 3.05) is 26.7 Å². The second-order valence-corrected chi connectivity index (χ2v) is 5.49. The summed E-state index contributed by atoms with van der Waals surface area (Å²) >= 11 is 0. The molecule has 0 radical (unpaired) electrons. The van der Waals surface area contributed by atoms with E-state index in [0.717, 1.165) is 25.1 Å². The number of hydrogen-bond acceptors (Lipinski definition) is 3. The number of nitrogens with zero attached hydrogens (tertiary/aromatic N) is 2. The fourth-order valence-electron chi connectivity index (χ4n) is 2.75. The van der Waals surface area contributed by atoms with Crippen molar-refractivity contribution in [1.29, 1.82) is 0 Å². The highest BCUT2D eigenvalue weighted by molar-refractivity contribution is 5.78. The first-order chi connectivity index (χ1) is 9.49. The molecule has 110 valence electrons. The first-order valence-corrected chi connectivity index (χ1v) is 6.98. The Labute approximate surface area is 119 Å². The maximum atomic E-state index is 13.1. The number of halogens is 1. The molecule has 20 heavy (non-hydrogen) atoms. The Bertz CT molecular complexity index is 461. The third-order valence-corrected chi connectivity index (χ3v) is 3.81. The predicted molar refractivity (Wildman–Crippen MR) is 76.6 cm³/mol. The van der Waals surface area contributed by atoms with Gasteiger partial charge in [-0.05, 0) is 31.0 Å². The second kappa shape index (κ2) is 6.33. The summed E-state index contributed by atoms with van der Waals surface area (Å²) in [5.74, 6) is -0.154. The minimum atomic E-state index is -0.260. The zero-order valence-corrected chi connectivity index (χ0v) is 12.1. The second-order valence-electron chi connectivity index (χ2n) is 5.49. The summed E-state index contributed by atoms with van der Waals surface area (Å²) in [5.41, 5.74) is 7.07. The Kier molecular flexibility index (Phi) is 4.73. The Morgan fingerprint density at radius 2 is 1.90 bits per heavy atom. The Morgan fingerprint density at radius 3 is 2.50 bits per heavy atom. The van der Waals surface area contributed by atoms with Crippen LogP contribution in [-0.4, -0.2) is 48.4 Å². The first-order valence-electron chi connectivity index (χ1n) is 6.98. The molecular weight excluding hydrogens is 257 g/mol. The van der Waals surface area contributed by atoms with E-state index in [2.05, 4.69) is 4.90 Å². The topological polar surface area (TPSA) is 49.6 Å². The average molecular weight is 279 g/mol. The molecule has 1 aromatic carbocycles. The molecule has 1 aliphatic heterocycles. The third-order valence-electron chi connectivity index (χ3n) is 3.81. The van der Waals surface area contributed by atoms with Gasteiger partial charge in [0.1, 0.15) is 5.82 Å². The summed E-state index contributed by atoms with van der Waals surface area (Å²) in [6, 6.07) is 6.19. The molecule has 2 atom stereocenters. The van der Waals surface area contributed by atoms with E-state index < -0.39 is 0 Å². The van der Waals surface area contributed by atoms with E-state index in [9.17, 15) is 9.18 Å². The molecule has 1 fully saturated rings. The minimum Gasteiger partial charge on any atom is -0.345 e. The van der Waals surface area contributed by atoms with Crippen LogP contribution in [0.25, 0.3) is 0 Å². The number of hydrogen-bond donors (Lipinski definition) is 1. The van der Waals surface area contributed by atoms with Crippen LogP contribution < -0.4 is 5.73 Å². The van der Waals surface area contributed by atoms with Gasteiger partial charge in [0.2, 0.25) is 5.91 Å². The van der Waals surface area contributed by atoms with Crippen molar-refractivity contribution in [2.45, 2.75) is 25.4 Å². The molecule has 4 nitrogen and oxygen atoms in total. The van der Waals surface area contributed by atoms with Crippen LogP contribution in [0.2, 0.25) is 0 Å². The molecule has 2 unspecified atom stereocenters. The number of benzene rings is 1. The number of nitrogens with two attached hydrogens (primary N) is 1. The van der Waals surface area contributed by atoms with Crippen LogP contribution in [0.15, 0.2) is 24.3 Å². The monoisotopic (exact) mass is 279 g/mol. The number of carbonyl (C=O) groups excluding carboxylic acids is 1. The molecule has 1 heterocycles. The van der Waals surface area contributed by atoms with E-state index in [4.69, 9.17) is 5.73 Å². The first kappa shape index (κ1) is 14.9. The lowest BCUT2D eigenvalue weighted by Crippen LogP contribution is -2.43. The molecule has 0 spiro atoms. The van der Waals surface area contributed by atoms with E-state index in [1.54, 1.807) is 17.0 Å². The maximum absolute atomic E-state index is 13.1. The fraction of sp³-hybridized carbons (Fsp3) is 0.533. The van der Waals surface area contributed by atoms with Gasteiger partial charge in [-0.25, -0.2) is 4.39 Å². The zero-order valence-electron chi connectivity index (χ0n) is 12.1. The highest BCUT2D eigenvalue weighted by Crippen LogP contribution is 2.25. The molecule has 1 aromatic rings. The van der Waals surface area contributed by atoms with E-state index in [0.29, 0.717) is 6.54 Å². The zero-order chi connectivity index (χ0) is 14.7. The van der Waals surface area contributed by atoms with Gasteiger partial charge in [-0.3, -0.25) is 9.69 Å². The van der Waals surface area contributed by atoms with Crippen LogP contribution in [0.5, 0.6) is 0 Å². The van der Waals surface area contributed by atoms with Crippen molar-refractivity contribution < 1.29 is 9.18 Å². The third kappa shape index (κ3) is 3.35. The Hall–Kier alpha value is -1.46. The van der Waals surface area contributed by atoms with E-state index in [1.807, 2.05) is 14.0 Å². The lowest BCUT2D eigenvalue weighted by molar-refractivity contribution is -0.130. The lowest BCUT2D eigenvalue weighted by Gasteiger charge is -2.33. The molecule has 1 saturated heterocycles. The Morgan fingerprint density at radius 1 is 1.25 bits per heavy atom. The van der Waals surface area contributed by atoms with Crippen molar-refractivity contribution >= 4 is 5.91 Å². The normalized spacial score (nSPS) is 20.6. The van der Waals surface area contributed by atoms with Gasteiger partial charge in [0.25, 0.3) is 0 Å². The highest BCUT2D eigenvalue weighted by atomic mass is 19.1. The number of carbonyl (C=O) groups is 1. The minimum absolute atomic E-state index is 0.0638. The van der Waals surface area contributed by atoms with Crippen LogP contribution >= 0.6 is 0 Å². The van der Waals surface area contributed by atoms with Crippen molar-refractivity contribution in [1.82, 2.24) is 9.80 Å². The summed E-state index contributed by atoms with van der Waals surface area (Å²) in [6.07, 6.45) is 0.923. The van der Waals surface area contributed by atoms with Gasteiger partial charge < -0.3 is 10.6 Å². The molecule has 1 aliphatic rings. The van der Waals surface area contributed by atoms with E-state index in [-0.39, 0.29) is 23.8 Å². The van der Waals surface area contributed by atoms with Crippen LogP contribution in [0, 0.1) is 5.82 Å². The van der Waals surface area contributed by atoms with Gasteiger partial charge in [0, 0.05) is 26.2 Å². The Balaban J connectivity index is 2.24. The molecule has 0 aromatic heterocycles. The summed E-state index contributed by atoms with van der Waals surface area (Å²) in [5, 5.41) is 0. The van der Waals surface area contributed by atoms with E-state index >= 15 is 0 Å². The van der Waals surface area contributed by atoms with Gasteiger partial charge in [0.05, 0.1) is 12.6 Å². The van der Waals surface area contributed by atoms with Crippen LogP contribution in [-0.2, 0) is 4.79 Å². The van der Waals surface area contributed by atoms with Crippen molar-refractivity contribution in [2.24, 2.45) is 5.73 Å². The smallest absolute Gasteiger partial charge is 0.236 e. The molecule has 2 N–H and O–H groups in total. The fourth-order valence-corrected chi connectivity index (χ4v) is 2.75. The average Bonchev–Trinajstić information content (AvgIpc) is 2.55. The SMILES string of the molecule is CC(N)C(c1ccc(F)cc1)N1CCCN(C)C(=O)C1. The summed E-state index contributed by atoms with van der Waals surface area (Å²) in [7, 11) is 1.82. The molecule has 0 bridgehead atoms. The van der Waals surface area contributed by atoms with Crippen LogP contribution in [0.4, 0.5) is 4.39 Å². The summed E-state index contributed by atoms with van der Waals surface area (Å²) < 4.78 is 13.1. The van der Waals surface area contributed by atoms with Crippen molar-refractivity contribution in [3.8, 4) is 0 Å². The molecule has 5 heteroatoms. The maximum Gasteiger partial charge on any atom is 0.236 e. The lowest BCUT2D eigenvalue weighted by atomic mass is 9.99. The predicted octanol–water partition coefficient (Wildman–Crippen LogP) is 1.38. The molecule has 0 aliphatic carbocycles. The van der Waals surface area contributed by atoms with Crippen LogP contribution in [0.3, 0.4) is 0 Å². The summed E-state index contributed by atoms with van der Waals surface area (Å²) in [6.45, 7) is 3.87. The standard InChI is InChI=1S/C15H22FN3O/c1-11(17)15(12-4-6-13(16)7-5-12)19-9-3-8-18(2)14(20)10-19/h4-7,11,15H,3,8-10,17H2,1-2H3. The van der Waals surface area contributed by atoms with Gasteiger partial charge in [-0.2, -0.15) is 0 Å². The quantitative estimate of drug-likeness (QED) is 0.909. The summed E-state index contributed by atoms with van der Waals surface area (Å²) in [4.78, 5) is 15.9. The largest absolute Gasteiger partial charge is 0.345 e. The van der Waals surface area contributed by atoms with Gasteiger partial charge in [0.15, 0.2) is 0 Å². The molecule has 0 saturated carbocycles. The molecule has 2 rings (SSSR count). The van der Waals surface area contributed by atoms with E-state index in [1.165, 1.54) is 12.1 Å². The number of likely N-dealkylation sites (N-methyl/N-ethyl adjacent to an activating group) is 1. The highest BCUT2D eigenvalue weighted by Gasteiger charge is 2.28. The van der Waals surface area contributed by atoms with Crippen molar-refractivity contribution in [3.63, 3.8) is 0 Å². The van der Waals surface area contributed by atoms with Crippen LogP contribution in [0.1, 0.15) is 24.9 Å². The van der Waals surface area contributed by atoms with Gasteiger partial charge >= 0.3 is 0 Å². The van der Waals surface area contributed by atoms with Gasteiger partial charge in [-0.1, -0.05) is 12.1 Å². The number of amides is 1. The molecular formula is C15H22FN3O.